The molecule has 2 nitrogen and oxygen atoms in total. The van der Waals surface area contributed by atoms with Crippen molar-refractivity contribution in [2.45, 2.75) is 43.4 Å². The van der Waals surface area contributed by atoms with Crippen molar-refractivity contribution >= 4 is 21.8 Å². The Balaban J connectivity index is 1.66. The third-order valence-electron chi connectivity index (χ3n) is 3.33. The summed E-state index contributed by atoms with van der Waals surface area (Å²) in [5, 5.41) is 3.06. The van der Waals surface area contributed by atoms with E-state index in [2.05, 4.69) is 21.2 Å². The molecule has 0 aromatic rings. The van der Waals surface area contributed by atoms with E-state index in [0.717, 1.165) is 25.3 Å². The highest BCUT2D eigenvalue weighted by Gasteiger charge is 2.30. The van der Waals surface area contributed by atoms with Crippen molar-refractivity contribution in [3.05, 3.63) is 0 Å². The van der Waals surface area contributed by atoms with Crippen LogP contribution in [-0.4, -0.2) is 17.3 Å². The summed E-state index contributed by atoms with van der Waals surface area (Å²) in [6.07, 6.45) is 7.33. The van der Waals surface area contributed by atoms with Gasteiger partial charge in [-0.05, 0) is 31.6 Å². The fourth-order valence-electron chi connectivity index (χ4n) is 2.16. The minimum atomic E-state index is 0.285. The Morgan fingerprint density at radius 1 is 1.29 bits per heavy atom. The molecule has 2 aliphatic carbocycles. The maximum absolute atomic E-state index is 11.7. The largest absolute Gasteiger partial charge is 0.355 e. The Bertz CT molecular complexity index is 209. The van der Waals surface area contributed by atoms with Gasteiger partial charge >= 0.3 is 0 Å². The van der Waals surface area contributed by atoms with Crippen molar-refractivity contribution in [3.8, 4) is 0 Å². The number of carbonyl (C=O) groups is 1. The molecule has 80 valence electrons. The molecule has 0 bridgehead atoms. The molecule has 1 amide bonds. The monoisotopic (exact) mass is 259 g/mol. The van der Waals surface area contributed by atoms with Crippen molar-refractivity contribution in [3.63, 3.8) is 0 Å². The molecule has 3 heteroatoms. The highest BCUT2D eigenvalue weighted by atomic mass is 79.9. The van der Waals surface area contributed by atoms with Crippen LogP contribution in [0.2, 0.25) is 0 Å². The van der Waals surface area contributed by atoms with E-state index in [1.54, 1.807) is 0 Å². The van der Waals surface area contributed by atoms with Crippen LogP contribution in [0.25, 0.3) is 0 Å². The van der Waals surface area contributed by atoms with Gasteiger partial charge in [0.2, 0.25) is 5.91 Å². The summed E-state index contributed by atoms with van der Waals surface area (Å²) >= 11 is 3.63. The molecule has 0 spiro atoms. The second kappa shape index (κ2) is 4.65. The lowest BCUT2D eigenvalue weighted by Crippen LogP contribution is -2.34. The number of carbonyl (C=O) groups excluding carboxylic acids is 1. The molecule has 0 aromatic heterocycles. The number of amides is 1. The molecular weight excluding hydrogens is 242 g/mol. The Morgan fingerprint density at radius 2 is 1.93 bits per heavy atom. The van der Waals surface area contributed by atoms with Gasteiger partial charge in [0, 0.05) is 17.3 Å². The predicted molar refractivity (Wildman–Crippen MR) is 60.4 cm³/mol. The highest BCUT2D eigenvalue weighted by Crippen LogP contribution is 2.36. The molecule has 0 aromatic carbocycles. The quantitative estimate of drug-likeness (QED) is 0.773. The first-order chi connectivity index (χ1) is 6.77. The summed E-state index contributed by atoms with van der Waals surface area (Å²) < 4.78 is 0. The Morgan fingerprint density at radius 3 is 2.50 bits per heavy atom. The van der Waals surface area contributed by atoms with Crippen LogP contribution in [0.15, 0.2) is 0 Å². The lowest BCUT2D eigenvalue weighted by molar-refractivity contribution is -0.124. The van der Waals surface area contributed by atoms with Crippen LogP contribution in [0.4, 0.5) is 0 Å². The molecular formula is C11H18BrNO. The van der Waals surface area contributed by atoms with Crippen LogP contribution in [0, 0.1) is 11.8 Å². The predicted octanol–water partition coefficient (Wildman–Crippen LogP) is 2.47. The third kappa shape index (κ3) is 2.72. The second-order valence-corrected chi connectivity index (χ2v) is 5.76. The Hall–Kier alpha value is -0.0500. The number of alkyl halides is 1. The fraction of sp³-hybridized carbons (Fsp3) is 0.909. The molecule has 2 saturated carbocycles. The van der Waals surface area contributed by atoms with Crippen LogP contribution >= 0.6 is 15.9 Å². The highest BCUT2D eigenvalue weighted by molar-refractivity contribution is 9.09. The minimum absolute atomic E-state index is 0.285. The van der Waals surface area contributed by atoms with E-state index in [-0.39, 0.29) is 5.91 Å². The van der Waals surface area contributed by atoms with E-state index in [4.69, 9.17) is 0 Å². The van der Waals surface area contributed by atoms with Gasteiger partial charge in [-0.15, -0.1) is 0 Å². The molecule has 0 radical (unpaired) electrons. The van der Waals surface area contributed by atoms with Crippen LogP contribution in [-0.2, 0) is 4.79 Å². The van der Waals surface area contributed by atoms with Crippen LogP contribution in [0.1, 0.15) is 38.5 Å². The van der Waals surface area contributed by atoms with Crippen molar-refractivity contribution < 1.29 is 4.79 Å². The minimum Gasteiger partial charge on any atom is -0.355 e. The average Bonchev–Trinajstić information content (AvgIpc) is 2.90. The molecule has 2 rings (SSSR count). The number of rotatable bonds is 4. The van der Waals surface area contributed by atoms with Crippen molar-refractivity contribution in [2.75, 3.05) is 6.54 Å². The number of nitrogens with one attached hydrogen (secondary N) is 1. The lowest BCUT2D eigenvalue weighted by atomic mass is 10.1. The summed E-state index contributed by atoms with van der Waals surface area (Å²) in [7, 11) is 0. The van der Waals surface area contributed by atoms with Crippen LogP contribution < -0.4 is 5.32 Å². The van der Waals surface area contributed by atoms with E-state index in [9.17, 15) is 4.79 Å². The third-order valence-corrected chi connectivity index (χ3v) is 4.40. The molecule has 14 heavy (non-hydrogen) atoms. The summed E-state index contributed by atoms with van der Waals surface area (Å²) in [4.78, 5) is 12.2. The van der Waals surface area contributed by atoms with Gasteiger partial charge in [-0.2, -0.15) is 0 Å². The number of hydrogen-bond acceptors (Lipinski definition) is 1. The van der Waals surface area contributed by atoms with Crippen LogP contribution in [0.5, 0.6) is 0 Å². The van der Waals surface area contributed by atoms with Crippen molar-refractivity contribution in [1.29, 1.82) is 0 Å². The maximum Gasteiger partial charge on any atom is 0.223 e. The van der Waals surface area contributed by atoms with Gasteiger partial charge in [-0.3, -0.25) is 4.79 Å². The van der Waals surface area contributed by atoms with Gasteiger partial charge < -0.3 is 5.32 Å². The molecule has 1 unspecified atom stereocenters. The van der Waals surface area contributed by atoms with E-state index < -0.39 is 0 Å². The number of hydrogen-bond donors (Lipinski definition) is 1. The topological polar surface area (TPSA) is 29.1 Å². The molecule has 0 saturated heterocycles. The fourth-order valence-corrected chi connectivity index (χ4v) is 2.85. The first-order valence-electron chi connectivity index (χ1n) is 5.69. The molecule has 2 aliphatic rings. The zero-order valence-corrected chi connectivity index (χ0v) is 10.1. The van der Waals surface area contributed by atoms with Gasteiger partial charge in [-0.1, -0.05) is 28.8 Å². The van der Waals surface area contributed by atoms with Gasteiger partial charge in [0.25, 0.3) is 0 Å². The Labute approximate surface area is 94.0 Å². The SMILES string of the molecule is O=C(NCC(Br)C1CC1)C1CCCC1. The summed E-state index contributed by atoms with van der Waals surface area (Å²) in [6, 6.07) is 0. The normalized spacial score (nSPS) is 24.9. The number of halogens is 1. The van der Waals surface area contributed by atoms with E-state index >= 15 is 0 Å². The van der Waals surface area contributed by atoms with Gasteiger partial charge in [-0.25, -0.2) is 0 Å². The second-order valence-electron chi connectivity index (χ2n) is 4.58. The molecule has 0 heterocycles. The first kappa shape index (κ1) is 10.5. The maximum atomic E-state index is 11.7. The van der Waals surface area contributed by atoms with Crippen molar-refractivity contribution in [1.82, 2.24) is 5.32 Å². The molecule has 1 N–H and O–H groups in total. The zero-order chi connectivity index (χ0) is 9.97. The standard InChI is InChI=1S/C11H18BrNO/c12-10(8-5-6-8)7-13-11(14)9-3-1-2-4-9/h8-10H,1-7H2,(H,13,14). The van der Waals surface area contributed by atoms with E-state index in [1.807, 2.05) is 0 Å². The van der Waals surface area contributed by atoms with Crippen LogP contribution in [0.3, 0.4) is 0 Å². The summed E-state index contributed by atoms with van der Waals surface area (Å²) in [6.45, 7) is 0.819. The summed E-state index contributed by atoms with van der Waals surface area (Å²) in [5.74, 6) is 1.42. The first-order valence-corrected chi connectivity index (χ1v) is 6.60. The Kier molecular flexibility index (Phi) is 3.47. The zero-order valence-electron chi connectivity index (χ0n) is 8.47. The molecule has 1 atom stereocenters. The van der Waals surface area contributed by atoms with Gasteiger partial charge in [0.15, 0.2) is 0 Å². The van der Waals surface area contributed by atoms with Crippen molar-refractivity contribution in [2.24, 2.45) is 11.8 Å². The van der Waals surface area contributed by atoms with Gasteiger partial charge in [0.1, 0.15) is 0 Å². The smallest absolute Gasteiger partial charge is 0.223 e. The van der Waals surface area contributed by atoms with Gasteiger partial charge in [0.05, 0.1) is 0 Å². The van der Waals surface area contributed by atoms with E-state index in [0.29, 0.717) is 10.7 Å². The lowest BCUT2D eigenvalue weighted by Gasteiger charge is -2.13. The molecule has 2 fully saturated rings. The summed E-state index contributed by atoms with van der Waals surface area (Å²) in [5.41, 5.74) is 0. The van der Waals surface area contributed by atoms with E-state index in [1.165, 1.54) is 25.7 Å². The molecule has 0 aliphatic heterocycles. The average molecular weight is 260 g/mol.